The molecule has 0 aliphatic rings. The van der Waals surface area contributed by atoms with Gasteiger partial charge in [-0.3, -0.25) is 4.79 Å². The first-order valence-corrected chi connectivity index (χ1v) is 3.92. The molecule has 0 aromatic carbocycles. The van der Waals surface area contributed by atoms with Gasteiger partial charge in [-0.05, 0) is 6.92 Å². The topological polar surface area (TPSA) is 59.3 Å². The highest BCUT2D eigenvalue weighted by molar-refractivity contribution is 6.31. The third kappa shape index (κ3) is 1.58. The van der Waals surface area contributed by atoms with Gasteiger partial charge in [-0.25, -0.2) is 4.79 Å². The molecule has 0 saturated carbocycles. The number of aromatic nitrogens is 1. The lowest BCUT2D eigenvalue weighted by Gasteiger charge is -2.06. The molecule has 1 rings (SSSR count). The summed E-state index contributed by atoms with van der Waals surface area (Å²) in [5.74, 6) is -1.26. The van der Waals surface area contributed by atoms with Gasteiger partial charge in [-0.1, -0.05) is 11.6 Å². The number of pyridine rings is 1. The van der Waals surface area contributed by atoms with Crippen LogP contribution in [-0.2, 0) is 7.05 Å². The van der Waals surface area contributed by atoms with E-state index in [-0.39, 0.29) is 10.6 Å². The van der Waals surface area contributed by atoms with E-state index in [9.17, 15) is 9.59 Å². The molecular weight excluding hydrogens is 194 g/mol. The lowest BCUT2D eigenvalue weighted by atomic mass is 10.2. The van der Waals surface area contributed by atoms with Gasteiger partial charge in [0.05, 0.1) is 0 Å². The lowest BCUT2D eigenvalue weighted by Crippen LogP contribution is -2.19. The van der Waals surface area contributed by atoms with Crippen LogP contribution < -0.4 is 5.43 Å². The summed E-state index contributed by atoms with van der Waals surface area (Å²) in [5.41, 5.74) is -0.389. The predicted molar refractivity (Wildman–Crippen MR) is 48.4 cm³/mol. The third-order valence-electron chi connectivity index (χ3n) is 1.84. The third-order valence-corrected chi connectivity index (χ3v) is 2.29. The molecule has 4 nitrogen and oxygen atoms in total. The van der Waals surface area contributed by atoms with Crippen molar-refractivity contribution in [3.8, 4) is 0 Å². The molecule has 0 unspecified atom stereocenters. The number of hydrogen-bond acceptors (Lipinski definition) is 2. The fourth-order valence-electron chi connectivity index (χ4n) is 0.939. The summed E-state index contributed by atoms with van der Waals surface area (Å²) < 4.78 is 1.51. The summed E-state index contributed by atoms with van der Waals surface area (Å²) >= 11 is 5.64. The summed E-state index contributed by atoms with van der Waals surface area (Å²) in [5, 5.41) is 8.59. The van der Waals surface area contributed by atoms with Crippen molar-refractivity contribution in [1.82, 2.24) is 4.57 Å². The van der Waals surface area contributed by atoms with Crippen LogP contribution in [0.1, 0.15) is 16.1 Å². The Morgan fingerprint density at radius 3 is 2.62 bits per heavy atom. The number of aromatic carboxylic acids is 1. The van der Waals surface area contributed by atoms with E-state index < -0.39 is 11.4 Å². The molecule has 0 aliphatic heterocycles. The van der Waals surface area contributed by atoms with Crippen molar-refractivity contribution in [2.24, 2.45) is 7.05 Å². The van der Waals surface area contributed by atoms with Crippen molar-refractivity contribution >= 4 is 17.6 Å². The van der Waals surface area contributed by atoms with Gasteiger partial charge >= 0.3 is 5.97 Å². The Kier molecular flexibility index (Phi) is 2.43. The minimum atomic E-state index is -1.26. The molecule has 0 spiro atoms. The maximum atomic E-state index is 11.3. The van der Waals surface area contributed by atoms with E-state index in [2.05, 4.69) is 0 Å². The van der Waals surface area contributed by atoms with E-state index >= 15 is 0 Å². The van der Waals surface area contributed by atoms with E-state index in [1.165, 1.54) is 10.8 Å². The fraction of sp³-hybridized carbons (Fsp3) is 0.250. The Morgan fingerprint density at radius 1 is 1.62 bits per heavy atom. The van der Waals surface area contributed by atoms with E-state index in [1.807, 2.05) is 0 Å². The van der Waals surface area contributed by atoms with Gasteiger partial charge in [-0.15, -0.1) is 0 Å². The first kappa shape index (κ1) is 9.80. The Bertz CT molecular complexity index is 422. The van der Waals surface area contributed by atoms with E-state index in [1.54, 1.807) is 14.0 Å². The SMILES string of the molecule is Cc1c(Cl)c(=O)c(C(=O)O)cn1C. The number of hydrogen-bond donors (Lipinski definition) is 1. The first-order valence-electron chi connectivity index (χ1n) is 3.54. The maximum absolute atomic E-state index is 11.3. The highest BCUT2D eigenvalue weighted by atomic mass is 35.5. The zero-order valence-corrected chi connectivity index (χ0v) is 7.92. The Morgan fingerprint density at radius 2 is 2.15 bits per heavy atom. The van der Waals surface area contributed by atoms with Gasteiger partial charge in [0.25, 0.3) is 0 Å². The normalized spacial score (nSPS) is 10.1. The zero-order chi connectivity index (χ0) is 10.2. The second-order valence-electron chi connectivity index (χ2n) is 2.69. The van der Waals surface area contributed by atoms with Gasteiger partial charge < -0.3 is 9.67 Å². The average Bonchev–Trinajstić information content (AvgIpc) is 2.07. The van der Waals surface area contributed by atoms with E-state index in [0.717, 1.165) is 0 Å². The van der Waals surface area contributed by atoms with Crippen molar-refractivity contribution in [2.75, 3.05) is 0 Å². The summed E-state index contributed by atoms with van der Waals surface area (Å²) in [6.07, 6.45) is 1.26. The van der Waals surface area contributed by atoms with Crippen LogP contribution >= 0.6 is 11.6 Å². The Balaban J connectivity index is 3.60. The lowest BCUT2D eigenvalue weighted by molar-refractivity contribution is 0.0694. The van der Waals surface area contributed by atoms with Crippen LogP contribution in [0.15, 0.2) is 11.0 Å². The van der Waals surface area contributed by atoms with Crippen molar-refractivity contribution in [3.63, 3.8) is 0 Å². The summed E-state index contributed by atoms with van der Waals surface area (Å²) in [7, 11) is 1.63. The molecule has 0 radical (unpaired) electrons. The van der Waals surface area contributed by atoms with E-state index in [0.29, 0.717) is 5.69 Å². The second-order valence-corrected chi connectivity index (χ2v) is 3.07. The van der Waals surface area contributed by atoms with Gasteiger partial charge in [0.15, 0.2) is 0 Å². The van der Waals surface area contributed by atoms with Crippen molar-refractivity contribution in [3.05, 3.63) is 32.7 Å². The number of halogens is 1. The highest BCUT2D eigenvalue weighted by Crippen LogP contribution is 2.09. The van der Waals surface area contributed by atoms with Crippen molar-refractivity contribution < 1.29 is 9.90 Å². The van der Waals surface area contributed by atoms with Crippen LogP contribution in [0.25, 0.3) is 0 Å². The van der Waals surface area contributed by atoms with Crippen LogP contribution in [-0.4, -0.2) is 15.6 Å². The summed E-state index contributed by atoms with van der Waals surface area (Å²) in [6.45, 7) is 1.65. The molecule has 0 bridgehead atoms. The quantitative estimate of drug-likeness (QED) is 0.739. The first-order chi connectivity index (χ1) is 5.95. The number of carboxylic acids is 1. The fourth-order valence-corrected chi connectivity index (χ4v) is 1.17. The second kappa shape index (κ2) is 3.22. The average molecular weight is 202 g/mol. The van der Waals surface area contributed by atoms with Crippen LogP contribution in [0.3, 0.4) is 0 Å². The highest BCUT2D eigenvalue weighted by Gasteiger charge is 2.14. The largest absolute Gasteiger partial charge is 0.477 e. The minimum Gasteiger partial charge on any atom is -0.477 e. The molecule has 1 aromatic rings. The van der Waals surface area contributed by atoms with Crippen LogP contribution in [0, 0.1) is 6.92 Å². The molecule has 70 valence electrons. The molecule has 0 fully saturated rings. The van der Waals surface area contributed by atoms with Crippen LogP contribution in [0.5, 0.6) is 0 Å². The minimum absolute atomic E-state index is 0.0394. The molecule has 0 saturated heterocycles. The van der Waals surface area contributed by atoms with Crippen molar-refractivity contribution in [1.29, 1.82) is 0 Å². The van der Waals surface area contributed by atoms with Crippen molar-refractivity contribution in [2.45, 2.75) is 6.92 Å². The zero-order valence-electron chi connectivity index (χ0n) is 7.17. The molecule has 1 heterocycles. The number of rotatable bonds is 1. The van der Waals surface area contributed by atoms with Gasteiger partial charge in [-0.2, -0.15) is 0 Å². The number of nitrogens with zero attached hydrogens (tertiary/aromatic N) is 1. The molecule has 0 amide bonds. The molecule has 5 heteroatoms. The number of carboxylic acid groups (broad SMARTS) is 1. The molecule has 0 aliphatic carbocycles. The van der Waals surface area contributed by atoms with E-state index in [4.69, 9.17) is 16.7 Å². The standard InChI is InChI=1S/C8H8ClNO3/c1-4-6(9)7(11)5(8(12)13)3-10(4)2/h3H,1-2H3,(H,12,13). The number of carbonyl (C=O) groups is 1. The van der Waals surface area contributed by atoms with Crippen LogP contribution in [0.4, 0.5) is 0 Å². The molecule has 1 N–H and O–H groups in total. The van der Waals surface area contributed by atoms with Gasteiger partial charge in [0, 0.05) is 18.9 Å². The predicted octanol–water partition coefficient (Wildman–Crippen LogP) is 1.05. The summed E-state index contributed by atoms with van der Waals surface area (Å²) in [4.78, 5) is 21.8. The van der Waals surface area contributed by atoms with Gasteiger partial charge in [0.1, 0.15) is 10.6 Å². The van der Waals surface area contributed by atoms with Crippen LogP contribution in [0.2, 0.25) is 5.02 Å². The summed E-state index contributed by atoms with van der Waals surface area (Å²) in [6, 6.07) is 0. The molecule has 1 aromatic heterocycles. The molecular formula is C8H8ClNO3. The van der Waals surface area contributed by atoms with Gasteiger partial charge in [0.2, 0.25) is 5.43 Å². The monoisotopic (exact) mass is 201 g/mol. The number of aryl methyl sites for hydroxylation is 1. The Labute approximate surface area is 79.4 Å². The Hall–Kier alpha value is -1.29. The molecule has 13 heavy (non-hydrogen) atoms. The smallest absolute Gasteiger partial charge is 0.341 e. The molecule has 0 atom stereocenters. The maximum Gasteiger partial charge on any atom is 0.341 e.